The fraction of sp³-hybridized carbons (Fsp3) is 0.286. The molecule has 1 aromatic carbocycles. The van der Waals surface area contributed by atoms with Crippen LogP contribution in [0.1, 0.15) is 41.5 Å². The number of H-pyrrole nitrogens is 1. The number of amides is 1. The van der Waals surface area contributed by atoms with Crippen molar-refractivity contribution in [1.82, 2.24) is 10.2 Å². The molecule has 5 heteroatoms. The lowest BCUT2D eigenvalue weighted by molar-refractivity contribution is 0.102. The van der Waals surface area contributed by atoms with E-state index in [1.807, 2.05) is 24.3 Å². The number of benzene rings is 1. The van der Waals surface area contributed by atoms with Crippen molar-refractivity contribution in [3.05, 3.63) is 41.2 Å². The number of aryl methyl sites for hydroxylation is 1. The standard InChI is InChI=1S/C14H18N4O/c1-8(2)10-4-6-11(7-5-10)16-14(19)13-12(15)9(3)17-18-13/h4-8H,15H2,1-3H3,(H,16,19)(H,17,18). The molecule has 0 unspecified atom stereocenters. The van der Waals surface area contributed by atoms with Crippen LogP contribution in [0.2, 0.25) is 0 Å². The normalized spacial score (nSPS) is 10.7. The molecule has 1 heterocycles. The zero-order chi connectivity index (χ0) is 14.0. The summed E-state index contributed by atoms with van der Waals surface area (Å²) in [5.74, 6) is 0.161. The zero-order valence-corrected chi connectivity index (χ0v) is 11.3. The van der Waals surface area contributed by atoms with Crippen LogP contribution in [-0.2, 0) is 0 Å². The van der Waals surface area contributed by atoms with Crippen LogP contribution in [0, 0.1) is 6.92 Å². The Morgan fingerprint density at radius 1 is 1.32 bits per heavy atom. The van der Waals surface area contributed by atoms with Crippen LogP contribution >= 0.6 is 0 Å². The smallest absolute Gasteiger partial charge is 0.278 e. The number of nitrogen functional groups attached to an aromatic ring is 1. The van der Waals surface area contributed by atoms with Crippen molar-refractivity contribution in [2.75, 3.05) is 11.1 Å². The molecule has 0 saturated carbocycles. The minimum Gasteiger partial charge on any atom is -0.395 e. The van der Waals surface area contributed by atoms with Crippen LogP contribution in [0.3, 0.4) is 0 Å². The van der Waals surface area contributed by atoms with E-state index in [0.29, 0.717) is 17.3 Å². The summed E-state index contributed by atoms with van der Waals surface area (Å²) in [5, 5.41) is 9.36. The highest BCUT2D eigenvalue weighted by molar-refractivity contribution is 6.06. The van der Waals surface area contributed by atoms with E-state index in [1.165, 1.54) is 5.56 Å². The summed E-state index contributed by atoms with van der Waals surface area (Å²) < 4.78 is 0. The predicted molar refractivity (Wildman–Crippen MR) is 76.2 cm³/mol. The summed E-state index contributed by atoms with van der Waals surface area (Å²) in [6.45, 7) is 6.03. The van der Waals surface area contributed by atoms with Gasteiger partial charge in [0.15, 0.2) is 5.69 Å². The van der Waals surface area contributed by atoms with Gasteiger partial charge in [-0.2, -0.15) is 5.10 Å². The number of aromatic nitrogens is 2. The van der Waals surface area contributed by atoms with Crippen molar-refractivity contribution in [1.29, 1.82) is 0 Å². The molecule has 5 nitrogen and oxygen atoms in total. The van der Waals surface area contributed by atoms with Crippen LogP contribution < -0.4 is 11.1 Å². The lowest BCUT2D eigenvalue weighted by Crippen LogP contribution is -2.14. The monoisotopic (exact) mass is 258 g/mol. The lowest BCUT2D eigenvalue weighted by Gasteiger charge is -2.07. The molecule has 4 N–H and O–H groups in total. The number of anilines is 2. The van der Waals surface area contributed by atoms with Crippen molar-refractivity contribution in [2.24, 2.45) is 0 Å². The summed E-state index contributed by atoms with van der Waals surface area (Å²) in [5.41, 5.74) is 9.03. The molecule has 0 saturated heterocycles. The number of carbonyl (C=O) groups excluding carboxylic acids is 1. The number of rotatable bonds is 3. The van der Waals surface area contributed by atoms with E-state index in [-0.39, 0.29) is 11.6 Å². The minimum absolute atomic E-state index is 0.227. The molecule has 0 fully saturated rings. The van der Waals surface area contributed by atoms with Gasteiger partial charge in [0.25, 0.3) is 5.91 Å². The molecular weight excluding hydrogens is 240 g/mol. The van der Waals surface area contributed by atoms with Crippen molar-refractivity contribution >= 4 is 17.3 Å². The molecule has 100 valence electrons. The van der Waals surface area contributed by atoms with Crippen molar-refractivity contribution < 1.29 is 4.79 Å². The summed E-state index contributed by atoms with van der Waals surface area (Å²) in [6.07, 6.45) is 0. The van der Waals surface area contributed by atoms with Crippen LogP contribution in [0.5, 0.6) is 0 Å². The second kappa shape index (κ2) is 5.14. The Morgan fingerprint density at radius 3 is 2.42 bits per heavy atom. The quantitative estimate of drug-likeness (QED) is 0.791. The molecule has 19 heavy (non-hydrogen) atoms. The zero-order valence-electron chi connectivity index (χ0n) is 11.3. The molecule has 1 aromatic heterocycles. The fourth-order valence-corrected chi connectivity index (χ4v) is 1.75. The van der Waals surface area contributed by atoms with Gasteiger partial charge in [0.2, 0.25) is 0 Å². The second-order valence-corrected chi connectivity index (χ2v) is 4.84. The molecule has 0 aliphatic carbocycles. The molecule has 2 rings (SSSR count). The Morgan fingerprint density at radius 2 is 1.95 bits per heavy atom. The number of nitrogens with zero attached hydrogens (tertiary/aromatic N) is 1. The van der Waals surface area contributed by atoms with Crippen molar-refractivity contribution in [2.45, 2.75) is 26.7 Å². The molecule has 0 atom stereocenters. The number of nitrogens with two attached hydrogens (primary N) is 1. The SMILES string of the molecule is Cc1[nH]nc(C(=O)Nc2ccc(C(C)C)cc2)c1N. The van der Waals surface area contributed by atoms with Gasteiger partial charge in [-0.05, 0) is 30.5 Å². The highest BCUT2D eigenvalue weighted by Crippen LogP contribution is 2.19. The van der Waals surface area contributed by atoms with Crippen molar-refractivity contribution in [3.63, 3.8) is 0 Å². The topological polar surface area (TPSA) is 83.8 Å². The van der Waals surface area contributed by atoms with Crippen LogP contribution in [0.4, 0.5) is 11.4 Å². The maximum Gasteiger partial charge on any atom is 0.278 e. The maximum absolute atomic E-state index is 12.0. The van der Waals surface area contributed by atoms with Crippen molar-refractivity contribution in [3.8, 4) is 0 Å². The predicted octanol–water partition coefficient (Wildman–Crippen LogP) is 2.68. The molecule has 0 spiro atoms. The Labute approximate surface area is 112 Å². The van der Waals surface area contributed by atoms with E-state index in [9.17, 15) is 4.79 Å². The Bertz CT molecular complexity index is 584. The van der Waals surface area contributed by atoms with Gasteiger partial charge in [-0.15, -0.1) is 0 Å². The van der Waals surface area contributed by atoms with Crippen LogP contribution in [-0.4, -0.2) is 16.1 Å². The van der Waals surface area contributed by atoms with Gasteiger partial charge in [-0.1, -0.05) is 26.0 Å². The third-order valence-electron chi connectivity index (χ3n) is 3.04. The minimum atomic E-state index is -0.306. The fourth-order valence-electron chi connectivity index (χ4n) is 1.75. The molecule has 0 bridgehead atoms. The molecule has 0 aliphatic rings. The van der Waals surface area contributed by atoms with E-state index in [1.54, 1.807) is 6.92 Å². The average Bonchev–Trinajstić information content (AvgIpc) is 2.70. The summed E-state index contributed by atoms with van der Waals surface area (Å²) >= 11 is 0. The van der Waals surface area contributed by atoms with Crippen LogP contribution in [0.25, 0.3) is 0 Å². The average molecular weight is 258 g/mol. The van der Waals surface area contributed by atoms with E-state index in [0.717, 1.165) is 5.69 Å². The number of aromatic amines is 1. The Hall–Kier alpha value is -2.30. The number of carbonyl (C=O) groups is 1. The maximum atomic E-state index is 12.0. The molecule has 0 aliphatic heterocycles. The van der Waals surface area contributed by atoms with E-state index >= 15 is 0 Å². The van der Waals surface area contributed by atoms with Gasteiger partial charge in [-0.25, -0.2) is 0 Å². The van der Waals surface area contributed by atoms with E-state index in [4.69, 9.17) is 5.73 Å². The van der Waals surface area contributed by atoms with Crippen LogP contribution in [0.15, 0.2) is 24.3 Å². The van der Waals surface area contributed by atoms with E-state index in [2.05, 4.69) is 29.4 Å². The number of nitrogens with one attached hydrogen (secondary N) is 2. The summed E-state index contributed by atoms with van der Waals surface area (Å²) in [6, 6.07) is 7.75. The Kier molecular flexibility index (Phi) is 3.55. The first-order valence-corrected chi connectivity index (χ1v) is 6.20. The molecule has 0 radical (unpaired) electrons. The highest BCUT2D eigenvalue weighted by Gasteiger charge is 2.15. The van der Waals surface area contributed by atoms with Gasteiger partial charge in [0, 0.05) is 5.69 Å². The van der Waals surface area contributed by atoms with Gasteiger partial charge >= 0.3 is 0 Å². The first-order valence-electron chi connectivity index (χ1n) is 6.20. The lowest BCUT2D eigenvalue weighted by atomic mass is 10.0. The van der Waals surface area contributed by atoms with Gasteiger partial charge in [-0.3, -0.25) is 9.89 Å². The first kappa shape index (κ1) is 13.1. The van der Waals surface area contributed by atoms with E-state index < -0.39 is 0 Å². The number of hydrogen-bond donors (Lipinski definition) is 3. The third-order valence-corrected chi connectivity index (χ3v) is 3.04. The molecule has 2 aromatic rings. The van der Waals surface area contributed by atoms with Gasteiger partial charge < -0.3 is 11.1 Å². The second-order valence-electron chi connectivity index (χ2n) is 4.84. The molecule has 1 amide bonds. The number of hydrogen-bond acceptors (Lipinski definition) is 3. The highest BCUT2D eigenvalue weighted by atomic mass is 16.2. The van der Waals surface area contributed by atoms with Gasteiger partial charge in [0.1, 0.15) is 0 Å². The third kappa shape index (κ3) is 2.76. The summed E-state index contributed by atoms with van der Waals surface area (Å²) in [4.78, 5) is 12.0. The van der Waals surface area contributed by atoms with Gasteiger partial charge in [0.05, 0.1) is 11.4 Å². The Balaban J connectivity index is 2.13. The first-order chi connectivity index (χ1) is 8.99. The molecular formula is C14H18N4O. The summed E-state index contributed by atoms with van der Waals surface area (Å²) in [7, 11) is 0. The largest absolute Gasteiger partial charge is 0.395 e.